The van der Waals surface area contributed by atoms with Crippen molar-refractivity contribution < 1.29 is 9.18 Å². The van der Waals surface area contributed by atoms with E-state index >= 15 is 0 Å². The molecule has 4 heteroatoms. The highest BCUT2D eigenvalue weighted by atomic mass is 35.5. The van der Waals surface area contributed by atoms with Gasteiger partial charge in [0.1, 0.15) is 5.82 Å². The molecule has 0 aliphatic carbocycles. The van der Waals surface area contributed by atoms with E-state index in [4.69, 9.17) is 11.6 Å². The number of piperidine rings is 1. The second-order valence-corrected chi connectivity index (χ2v) is 5.16. The molecule has 98 valence electrons. The van der Waals surface area contributed by atoms with Crippen molar-refractivity contribution in [3.05, 3.63) is 35.1 Å². The molecule has 1 aromatic carbocycles. The van der Waals surface area contributed by atoms with Crippen molar-refractivity contribution in [2.24, 2.45) is 5.92 Å². The van der Waals surface area contributed by atoms with Crippen LogP contribution in [0.5, 0.6) is 0 Å². The van der Waals surface area contributed by atoms with Gasteiger partial charge in [-0.1, -0.05) is 0 Å². The van der Waals surface area contributed by atoms with E-state index in [0.717, 1.165) is 25.9 Å². The Kier molecular flexibility index (Phi) is 4.23. The molecule has 0 aromatic heterocycles. The molecule has 1 aromatic rings. The van der Waals surface area contributed by atoms with Gasteiger partial charge in [-0.2, -0.15) is 0 Å². The summed E-state index contributed by atoms with van der Waals surface area (Å²) < 4.78 is 13.0. The summed E-state index contributed by atoms with van der Waals surface area (Å²) in [6, 6.07) is 4.31. The van der Waals surface area contributed by atoms with Gasteiger partial charge in [0.15, 0.2) is 0 Å². The predicted octanol–water partition coefficient (Wildman–Crippen LogP) is 3.23. The molecule has 0 N–H and O–H groups in total. The van der Waals surface area contributed by atoms with Gasteiger partial charge < -0.3 is 4.90 Å². The lowest BCUT2D eigenvalue weighted by atomic mass is 9.98. The van der Waals surface area contributed by atoms with Gasteiger partial charge in [0, 0.05) is 24.5 Å². The smallest absolute Gasteiger partial charge is 0.254 e. The molecule has 0 spiro atoms. The van der Waals surface area contributed by atoms with Gasteiger partial charge >= 0.3 is 0 Å². The van der Waals surface area contributed by atoms with Crippen LogP contribution in [0.25, 0.3) is 0 Å². The summed E-state index contributed by atoms with van der Waals surface area (Å²) in [5.41, 5.74) is 1.29. The van der Waals surface area contributed by atoms with Crippen molar-refractivity contribution in [2.75, 3.05) is 19.0 Å². The van der Waals surface area contributed by atoms with E-state index in [1.54, 1.807) is 13.0 Å². The highest BCUT2D eigenvalue weighted by Gasteiger charge is 2.23. The van der Waals surface area contributed by atoms with Crippen molar-refractivity contribution in [2.45, 2.75) is 19.8 Å². The second-order valence-electron chi connectivity index (χ2n) is 4.85. The Morgan fingerprint density at radius 2 is 2.11 bits per heavy atom. The highest BCUT2D eigenvalue weighted by Crippen LogP contribution is 2.21. The molecule has 18 heavy (non-hydrogen) atoms. The summed E-state index contributed by atoms with van der Waals surface area (Å²) in [5.74, 6) is 0.882. The number of carbonyl (C=O) groups is 1. The van der Waals surface area contributed by atoms with Crippen LogP contribution in [0.1, 0.15) is 28.8 Å². The van der Waals surface area contributed by atoms with Crippen molar-refractivity contribution in [1.29, 1.82) is 0 Å². The average molecular weight is 270 g/mol. The van der Waals surface area contributed by atoms with E-state index in [0.29, 0.717) is 22.9 Å². The van der Waals surface area contributed by atoms with E-state index in [-0.39, 0.29) is 11.7 Å². The molecule has 2 nitrogen and oxygen atoms in total. The predicted molar refractivity (Wildman–Crippen MR) is 70.5 cm³/mol. The second kappa shape index (κ2) is 5.70. The first-order valence-electron chi connectivity index (χ1n) is 6.23. The number of rotatable bonds is 2. The number of nitrogens with zero attached hydrogens (tertiary/aromatic N) is 1. The normalized spacial score (nSPS) is 16.9. The zero-order valence-corrected chi connectivity index (χ0v) is 11.2. The summed E-state index contributed by atoms with van der Waals surface area (Å²) in [7, 11) is 0. The van der Waals surface area contributed by atoms with E-state index in [2.05, 4.69) is 0 Å². The molecule has 0 saturated carbocycles. The maximum Gasteiger partial charge on any atom is 0.254 e. The number of amides is 1. The summed E-state index contributed by atoms with van der Waals surface area (Å²) in [6.45, 7) is 3.25. The summed E-state index contributed by atoms with van der Waals surface area (Å²) in [6.07, 6.45) is 1.91. The first-order valence-corrected chi connectivity index (χ1v) is 6.76. The van der Waals surface area contributed by atoms with Crippen molar-refractivity contribution in [1.82, 2.24) is 4.90 Å². The topological polar surface area (TPSA) is 20.3 Å². The minimum Gasteiger partial charge on any atom is -0.339 e. The van der Waals surface area contributed by atoms with Crippen LogP contribution in [0.3, 0.4) is 0 Å². The van der Waals surface area contributed by atoms with E-state index in [1.165, 1.54) is 12.1 Å². The van der Waals surface area contributed by atoms with E-state index < -0.39 is 0 Å². The Morgan fingerprint density at radius 1 is 1.44 bits per heavy atom. The van der Waals surface area contributed by atoms with Crippen LogP contribution < -0.4 is 0 Å². The SMILES string of the molecule is Cc1cc(F)ccc1C(=O)N1CCC(CCl)CC1. The van der Waals surface area contributed by atoms with Gasteiger partial charge in [-0.25, -0.2) is 4.39 Å². The van der Waals surface area contributed by atoms with Crippen molar-refractivity contribution in [3.63, 3.8) is 0 Å². The Hall–Kier alpha value is -1.09. The Balaban J connectivity index is 2.08. The molecule has 1 aliphatic heterocycles. The Bertz CT molecular complexity index is 441. The largest absolute Gasteiger partial charge is 0.339 e. The lowest BCUT2D eigenvalue weighted by Gasteiger charge is -2.31. The molecular weight excluding hydrogens is 253 g/mol. The standard InChI is InChI=1S/C14H17ClFNO/c1-10-8-12(16)2-3-13(10)14(18)17-6-4-11(9-15)5-7-17/h2-3,8,11H,4-7,9H2,1H3. The maximum absolute atomic E-state index is 13.0. The van der Waals surface area contributed by atoms with Gasteiger partial charge in [0.25, 0.3) is 5.91 Å². The molecule has 0 bridgehead atoms. The summed E-state index contributed by atoms with van der Waals surface area (Å²) in [5, 5.41) is 0. The van der Waals surface area contributed by atoms with Gasteiger partial charge in [0.2, 0.25) is 0 Å². The molecule has 0 radical (unpaired) electrons. The molecule has 0 unspecified atom stereocenters. The summed E-state index contributed by atoms with van der Waals surface area (Å²) in [4.78, 5) is 14.1. The Labute approximate surface area is 112 Å². The molecule has 0 atom stereocenters. The molecular formula is C14H17ClFNO. The van der Waals surface area contributed by atoms with Gasteiger partial charge in [-0.15, -0.1) is 11.6 Å². The zero-order valence-electron chi connectivity index (χ0n) is 10.5. The monoisotopic (exact) mass is 269 g/mol. The van der Waals surface area contributed by atoms with E-state index in [9.17, 15) is 9.18 Å². The third-order valence-electron chi connectivity index (χ3n) is 3.54. The Morgan fingerprint density at radius 3 is 2.67 bits per heavy atom. The first-order chi connectivity index (χ1) is 8.61. The third-order valence-corrected chi connectivity index (χ3v) is 3.98. The number of benzene rings is 1. The molecule has 1 saturated heterocycles. The zero-order chi connectivity index (χ0) is 13.1. The van der Waals surface area contributed by atoms with Gasteiger partial charge in [-0.05, 0) is 49.4 Å². The fourth-order valence-corrected chi connectivity index (χ4v) is 2.64. The third kappa shape index (κ3) is 2.83. The number of hydrogen-bond donors (Lipinski definition) is 0. The van der Waals surface area contributed by atoms with Gasteiger partial charge in [-0.3, -0.25) is 4.79 Å². The van der Waals surface area contributed by atoms with Crippen molar-refractivity contribution >= 4 is 17.5 Å². The highest BCUT2D eigenvalue weighted by molar-refractivity contribution is 6.18. The first kappa shape index (κ1) is 13.3. The quantitative estimate of drug-likeness (QED) is 0.755. The fraction of sp³-hybridized carbons (Fsp3) is 0.500. The van der Waals surface area contributed by atoms with Crippen molar-refractivity contribution in [3.8, 4) is 0 Å². The number of carbonyl (C=O) groups excluding carboxylic acids is 1. The molecule has 1 aliphatic rings. The van der Waals surface area contributed by atoms with Crippen LogP contribution in [0.4, 0.5) is 4.39 Å². The molecule has 1 amide bonds. The van der Waals surface area contributed by atoms with Crippen LogP contribution in [0.15, 0.2) is 18.2 Å². The number of likely N-dealkylation sites (tertiary alicyclic amines) is 1. The van der Waals surface area contributed by atoms with Crippen LogP contribution in [0, 0.1) is 18.7 Å². The van der Waals surface area contributed by atoms with Crippen LogP contribution in [0.2, 0.25) is 0 Å². The number of alkyl halides is 1. The lowest BCUT2D eigenvalue weighted by Crippen LogP contribution is -2.39. The number of aryl methyl sites for hydroxylation is 1. The molecule has 1 fully saturated rings. The maximum atomic E-state index is 13.0. The number of halogens is 2. The van der Waals surface area contributed by atoms with E-state index in [1.807, 2.05) is 4.90 Å². The van der Waals surface area contributed by atoms with Crippen LogP contribution in [-0.4, -0.2) is 29.8 Å². The minimum atomic E-state index is -0.301. The number of hydrogen-bond acceptors (Lipinski definition) is 1. The minimum absolute atomic E-state index is 0.000484. The summed E-state index contributed by atoms with van der Waals surface area (Å²) >= 11 is 5.82. The molecule has 2 rings (SSSR count). The van der Waals surface area contributed by atoms with Crippen LogP contribution in [-0.2, 0) is 0 Å². The lowest BCUT2D eigenvalue weighted by molar-refractivity contribution is 0.0697. The van der Waals surface area contributed by atoms with Gasteiger partial charge in [0.05, 0.1) is 0 Å². The average Bonchev–Trinajstić information content (AvgIpc) is 2.38. The fourth-order valence-electron chi connectivity index (χ4n) is 2.33. The molecule has 1 heterocycles. The van der Waals surface area contributed by atoms with Crippen LogP contribution >= 0.6 is 11.6 Å².